The normalized spacial score (nSPS) is 24.6. The lowest BCUT2D eigenvalue weighted by Gasteiger charge is -2.36. The minimum Gasteiger partial charge on any atom is -0.444 e. The average Bonchev–Trinajstić information content (AvgIpc) is 2.83. The van der Waals surface area contributed by atoms with E-state index >= 15 is 0 Å². The fourth-order valence-electron chi connectivity index (χ4n) is 3.07. The second-order valence-electron chi connectivity index (χ2n) is 7.69. The summed E-state index contributed by atoms with van der Waals surface area (Å²) in [6.07, 6.45) is 4.36. The quantitative estimate of drug-likeness (QED) is 0.856. The summed E-state index contributed by atoms with van der Waals surface area (Å²) in [5.41, 5.74) is -1.47. The van der Waals surface area contributed by atoms with Crippen LogP contribution >= 0.6 is 0 Å². The summed E-state index contributed by atoms with van der Waals surface area (Å²) in [4.78, 5) is 16.2. The van der Waals surface area contributed by atoms with E-state index in [0.29, 0.717) is 31.0 Å². The Bertz CT molecular complexity index is 552. The molecule has 0 aromatic carbocycles. The molecule has 1 amide bonds. The second-order valence-corrected chi connectivity index (χ2v) is 7.69. The molecule has 24 heavy (non-hydrogen) atoms. The summed E-state index contributed by atoms with van der Waals surface area (Å²) >= 11 is 0. The summed E-state index contributed by atoms with van der Waals surface area (Å²) in [6.45, 7) is 7.53. The molecule has 1 heterocycles. The van der Waals surface area contributed by atoms with Crippen molar-refractivity contribution in [2.75, 3.05) is 0 Å². The molecule has 1 fully saturated rings. The number of aromatic nitrogens is 2. The van der Waals surface area contributed by atoms with Crippen LogP contribution in [0.4, 0.5) is 4.79 Å². The van der Waals surface area contributed by atoms with Crippen molar-refractivity contribution >= 4 is 6.09 Å². The summed E-state index contributed by atoms with van der Waals surface area (Å²) in [6, 6.07) is -0.114. The molecule has 0 spiro atoms. The van der Waals surface area contributed by atoms with Crippen molar-refractivity contribution in [1.29, 1.82) is 0 Å². The maximum absolute atomic E-state index is 11.9. The number of rotatable bonds is 5. The van der Waals surface area contributed by atoms with Crippen LogP contribution in [-0.2, 0) is 17.6 Å². The largest absolute Gasteiger partial charge is 0.444 e. The van der Waals surface area contributed by atoms with Crippen LogP contribution in [0.1, 0.15) is 71.5 Å². The fraction of sp³-hybridized carbons (Fsp3) is 0.824. The van der Waals surface area contributed by atoms with Crippen molar-refractivity contribution in [1.82, 2.24) is 15.5 Å². The molecule has 0 aliphatic heterocycles. The molecule has 0 radical (unpaired) electrons. The first-order valence-electron chi connectivity index (χ1n) is 8.72. The topological polar surface area (TPSA) is 97.5 Å². The number of carbonyl (C=O) groups is 1. The van der Waals surface area contributed by atoms with Gasteiger partial charge in [-0.3, -0.25) is 0 Å². The number of alkyl carbamates (subject to hydrolysis) is 1. The van der Waals surface area contributed by atoms with E-state index in [0.717, 1.165) is 25.7 Å². The molecule has 0 bridgehead atoms. The molecular formula is C17H29N3O4. The fourth-order valence-corrected chi connectivity index (χ4v) is 3.07. The second kappa shape index (κ2) is 7.51. The van der Waals surface area contributed by atoms with Crippen LogP contribution in [0.5, 0.6) is 0 Å². The van der Waals surface area contributed by atoms with Crippen molar-refractivity contribution in [3.8, 4) is 0 Å². The molecule has 0 saturated heterocycles. The van der Waals surface area contributed by atoms with Gasteiger partial charge in [-0.2, -0.15) is 4.98 Å². The van der Waals surface area contributed by atoms with Gasteiger partial charge in [0.05, 0.1) is 12.0 Å². The summed E-state index contributed by atoms with van der Waals surface area (Å²) in [5, 5.41) is 17.6. The summed E-state index contributed by atoms with van der Waals surface area (Å²) in [7, 11) is 0. The highest BCUT2D eigenvalue weighted by Crippen LogP contribution is 2.31. The van der Waals surface area contributed by atoms with Gasteiger partial charge >= 0.3 is 6.09 Å². The van der Waals surface area contributed by atoms with Crippen molar-refractivity contribution in [3.05, 3.63) is 11.7 Å². The monoisotopic (exact) mass is 339 g/mol. The van der Waals surface area contributed by atoms with Crippen LogP contribution in [-0.4, -0.2) is 38.6 Å². The standard InChI is InChI=1S/C17H29N3O4/c1-5-7-13-19-14(24-20-13)11-17(22)9-6-8-12(10-17)18-15(21)23-16(2,3)4/h12,22H,5-11H2,1-4H3,(H,18,21)/t12-,17+/m0/s1. The van der Waals surface area contributed by atoms with E-state index in [-0.39, 0.29) is 6.04 Å². The third-order valence-corrected chi connectivity index (χ3v) is 4.01. The Labute approximate surface area is 143 Å². The number of hydrogen-bond acceptors (Lipinski definition) is 6. The van der Waals surface area contributed by atoms with Crippen LogP contribution < -0.4 is 5.32 Å². The van der Waals surface area contributed by atoms with E-state index in [1.165, 1.54) is 0 Å². The Balaban J connectivity index is 1.91. The van der Waals surface area contributed by atoms with Crippen LogP contribution in [0.2, 0.25) is 0 Å². The SMILES string of the molecule is CCCc1noc(C[C@@]2(O)CCC[C@H](NC(=O)OC(C)(C)C)C2)n1. The molecule has 1 aliphatic rings. The maximum atomic E-state index is 11.9. The lowest BCUT2D eigenvalue weighted by atomic mass is 9.79. The van der Waals surface area contributed by atoms with Crippen LogP contribution in [0.25, 0.3) is 0 Å². The van der Waals surface area contributed by atoms with E-state index in [2.05, 4.69) is 22.4 Å². The number of nitrogens with one attached hydrogen (secondary N) is 1. The number of carbonyl (C=O) groups excluding carboxylic acids is 1. The molecular weight excluding hydrogens is 310 g/mol. The van der Waals surface area contributed by atoms with Gasteiger partial charge in [0.25, 0.3) is 0 Å². The van der Waals surface area contributed by atoms with Gasteiger partial charge in [0.1, 0.15) is 5.60 Å². The molecule has 1 saturated carbocycles. The van der Waals surface area contributed by atoms with Crippen LogP contribution in [0.15, 0.2) is 4.52 Å². The Morgan fingerprint density at radius 2 is 2.25 bits per heavy atom. The van der Waals surface area contributed by atoms with Crippen molar-refractivity contribution in [2.24, 2.45) is 0 Å². The predicted octanol–water partition coefficient (Wildman–Crippen LogP) is 2.76. The van der Waals surface area contributed by atoms with Crippen LogP contribution in [0.3, 0.4) is 0 Å². The highest BCUT2D eigenvalue weighted by molar-refractivity contribution is 5.68. The summed E-state index contributed by atoms with van der Waals surface area (Å²) in [5.74, 6) is 1.13. The van der Waals surface area contributed by atoms with E-state index < -0.39 is 17.3 Å². The Kier molecular flexibility index (Phi) is 5.85. The smallest absolute Gasteiger partial charge is 0.407 e. The zero-order valence-corrected chi connectivity index (χ0v) is 15.1. The minimum atomic E-state index is -0.937. The number of aliphatic hydroxyl groups is 1. The van der Waals surface area contributed by atoms with Crippen LogP contribution in [0, 0.1) is 0 Å². The zero-order chi connectivity index (χ0) is 17.8. The van der Waals surface area contributed by atoms with Gasteiger partial charge in [0.15, 0.2) is 5.82 Å². The molecule has 1 aromatic rings. The molecule has 7 heteroatoms. The Hall–Kier alpha value is -1.63. The van der Waals surface area contributed by atoms with Gasteiger partial charge in [-0.05, 0) is 52.9 Å². The van der Waals surface area contributed by atoms with Gasteiger partial charge in [0, 0.05) is 12.5 Å². The average molecular weight is 339 g/mol. The van der Waals surface area contributed by atoms with Gasteiger partial charge in [-0.25, -0.2) is 4.79 Å². The number of aryl methyl sites for hydroxylation is 1. The van der Waals surface area contributed by atoms with Crippen molar-refractivity contribution in [3.63, 3.8) is 0 Å². The van der Waals surface area contributed by atoms with E-state index in [1.807, 2.05) is 20.8 Å². The number of amides is 1. The molecule has 2 rings (SSSR count). The minimum absolute atomic E-state index is 0.114. The van der Waals surface area contributed by atoms with Gasteiger partial charge in [-0.1, -0.05) is 12.1 Å². The molecule has 7 nitrogen and oxygen atoms in total. The molecule has 1 aromatic heterocycles. The maximum Gasteiger partial charge on any atom is 0.407 e. The molecule has 2 N–H and O–H groups in total. The third-order valence-electron chi connectivity index (χ3n) is 4.01. The Morgan fingerprint density at radius 3 is 2.92 bits per heavy atom. The first kappa shape index (κ1) is 18.7. The van der Waals surface area contributed by atoms with Gasteiger partial charge < -0.3 is 19.7 Å². The molecule has 0 unspecified atom stereocenters. The molecule has 2 atom stereocenters. The lowest BCUT2D eigenvalue weighted by Crippen LogP contribution is -2.48. The molecule has 136 valence electrons. The molecule has 1 aliphatic carbocycles. The highest BCUT2D eigenvalue weighted by Gasteiger charge is 2.37. The number of ether oxygens (including phenoxy) is 1. The first-order valence-corrected chi connectivity index (χ1v) is 8.72. The Morgan fingerprint density at radius 1 is 1.50 bits per heavy atom. The number of nitrogens with zero attached hydrogens (tertiary/aromatic N) is 2. The van der Waals surface area contributed by atoms with E-state index in [1.54, 1.807) is 0 Å². The zero-order valence-electron chi connectivity index (χ0n) is 15.1. The predicted molar refractivity (Wildman–Crippen MR) is 88.6 cm³/mol. The highest BCUT2D eigenvalue weighted by atomic mass is 16.6. The summed E-state index contributed by atoms with van der Waals surface area (Å²) < 4.78 is 10.5. The van der Waals surface area contributed by atoms with E-state index in [4.69, 9.17) is 9.26 Å². The lowest BCUT2D eigenvalue weighted by molar-refractivity contribution is -0.0149. The van der Waals surface area contributed by atoms with E-state index in [9.17, 15) is 9.90 Å². The van der Waals surface area contributed by atoms with Crippen molar-refractivity contribution in [2.45, 2.75) is 89.9 Å². The van der Waals surface area contributed by atoms with Gasteiger partial charge in [0.2, 0.25) is 5.89 Å². The van der Waals surface area contributed by atoms with Crippen molar-refractivity contribution < 1.29 is 19.2 Å². The third kappa shape index (κ3) is 5.78. The first-order chi connectivity index (χ1) is 11.2. The van der Waals surface area contributed by atoms with Gasteiger partial charge in [-0.15, -0.1) is 0 Å². The number of hydrogen-bond donors (Lipinski definition) is 2.